The van der Waals surface area contributed by atoms with Crippen molar-refractivity contribution in [1.82, 2.24) is 14.8 Å². The summed E-state index contributed by atoms with van der Waals surface area (Å²) in [6.07, 6.45) is 3.65. The molecule has 1 fully saturated rings. The average Bonchev–Trinajstić information content (AvgIpc) is 2.67. The fourth-order valence-electron chi connectivity index (χ4n) is 2.77. The van der Waals surface area contributed by atoms with Gasteiger partial charge in [-0.25, -0.2) is 0 Å². The zero-order valence-electron chi connectivity index (χ0n) is 14.3. The van der Waals surface area contributed by atoms with Gasteiger partial charge in [0.25, 0.3) is 0 Å². The molecule has 0 amide bonds. The highest BCUT2D eigenvalue weighted by atomic mass is 32.1. The molecule has 2 aromatic rings. The Labute approximate surface area is 154 Å². The van der Waals surface area contributed by atoms with Crippen molar-refractivity contribution in [1.29, 1.82) is 0 Å². The van der Waals surface area contributed by atoms with Gasteiger partial charge in [-0.2, -0.15) is 0 Å². The van der Waals surface area contributed by atoms with Crippen molar-refractivity contribution in [3.8, 4) is 0 Å². The zero-order chi connectivity index (χ0) is 17.3. The highest BCUT2D eigenvalue weighted by Crippen LogP contribution is 2.10. The van der Waals surface area contributed by atoms with Gasteiger partial charge in [0.1, 0.15) is 0 Å². The molecule has 2 heterocycles. The second-order valence-electron chi connectivity index (χ2n) is 6.03. The Morgan fingerprint density at radius 2 is 1.84 bits per heavy atom. The van der Waals surface area contributed by atoms with Crippen LogP contribution in [0.1, 0.15) is 5.56 Å². The molecule has 1 aliphatic rings. The van der Waals surface area contributed by atoms with Gasteiger partial charge < -0.3 is 15.0 Å². The molecule has 0 atom stereocenters. The van der Waals surface area contributed by atoms with E-state index >= 15 is 0 Å². The van der Waals surface area contributed by atoms with Crippen molar-refractivity contribution in [3.63, 3.8) is 0 Å². The first kappa shape index (κ1) is 17.8. The number of anilines is 1. The number of benzene rings is 1. The normalized spacial score (nSPS) is 14.9. The molecule has 25 heavy (non-hydrogen) atoms. The molecule has 0 bridgehead atoms. The lowest BCUT2D eigenvalue weighted by Gasteiger charge is -2.31. The Balaban J connectivity index is 1.63. The SMILES string of the molecule is S=C(Nc1ccccc1)N(CCN1CCOCC1)Cc1ccncc1. The van der Waals surface area contributed by atoms with Gasteiger partial charge in [0, 0.05) is 50.8 Å². The fraction of sp³-hybridized carbons (Fsp3) is 0.368. The van der Waals surface area contributed by atoms with Gasteiger partial charge in [-0.15, -0.1) is 0 Å². The van der Waals surface area contributed by atoms with Crippen LogP contribution in [0.4, 0.5) is 5.69 Å². The van der Waals surface area contributed by atoms with E-state index < -0.39 is 0 Å². The molecule has 1 N–H and O–H groups in total. The lowest BCUT2D eigenvalue weighted by molar-refractivity contribution is 0.0358. The maximum atomic E-state index is 5.68. The van der Waals surface area contributed by atoms with Crippen LogP contribution in [0.2, 0.25) is 0 Å². The Kier molecular flexibility index (Phi) is 6.73. The van der Waals surface area contributed by atoms with Crippen LogP contribution in [-0.2, 0) is 11.3 Å². The van der Waals surface area contributed by atoms with Crippen LogP contribution in [0, 0.1) is 0 Å². The Hall–Kier alpha value is -2.02. The summed E-state index contributed by atoms with van der Waals surface area (Å²) in [4.78, 5) is 8.74. The van der Waals surface area contributed by atoms with Gasteiger partial charge >= 0.3 is 0 Å². The number of ether oxygens (including phenoxy) is 1. The molecule has 0 spiro atoms. The first-order valence-electron chi connectivity index (χ1n) is 8.61. The van der Waals surface area contributed by atoms with Gasteiger partial charge in [0.2, 0.25) is 0 Å². The van der Waals surface area contributed by atoms with E-state index in [2.05, 4.69) is 20.1 Å². The van der Waals surface area contributed by atoms with E-state index in [1.807, 2.05) is 54.9 Å². The minimum atomic E-state index is 0.747. The molecule has 132 valence electrons. The average molecular weight is 356 g/mol. The third-order valence-corrected chi connectivity index (χ3v) is 4.59. The number of pyridine rings is 1. The van der Waals surface area contributed by atoms with Crippen LogP contribution >= 0.6 is 12.2 Å². The number of morpholine rings is 1. The first-order chi connectivity index (χ1) is 12.3. The van der Waals surface area contributed by atoms with E-state index in [4.69, 9.17) is 17.0 Å². The van der Waals surface area contributed by atoms with Crippen molar-refractivity contribution < 1.29 is 4.74 Å². The quantitative estimate of drug-likeness (QED) is 0.803. The van der Waals surface area contributed by atoms with Crippen LogP contribution in [-0.4, -0.2) is 59.3 Å². The fourth-order valence-corrected chi connectivity index (χ4v) is 3.05. The van der Waals surface area contributed by atoms with Gasteiger partial charge in [-0.05, 0) is 42.0 Å². The third kappa shape index (κ3) is 5.77. The number of hydrogen-bond donors (Lipinski definition) is 1. The third-order valence-electron chi connectivity index (χ3n) is 4.22. The van der Waals surface area contributed by atoms with Crippen molar-refractivity contribution in [2.24, 2.45) is 0 Å². The second kappa shape index (κ2) is 9.46. The molecule has 0 aliphatic carbocycles. The Morgan fingerprint density at radius 3 is 2.56 bits per heavy atom. The maximum absolute atomic E-state index is 5.68. The van der Waals surface area contributed by atoms with Crippen LogP contribution in [0.15, 0.2) is 54.9 Å². The maximum Gasteiger partial charge on any atom is 0.173 e. The summed E-state index contributed by atoms with van der Waals surface area (Å²) in [5, 5.41) is 4.10. The van der Waals surface area contributed by atoms with Crippen LogP contribution < -0.4 is 5.32 Å². The highest BCUT2D eigenvalue weighted by molar-refractivity contribution is 7.80. The smallest absolute Gasteiger partial charge is 0.173 e. The molecular formula is C19H24N4OS. The van der Waals surface area contributed by atoms with Crippen molar-refractivity contribution >= 4 is 23.0 Å². The van der Waals surface area contributed by atoms with Gasteiger partial charge in [0.05, 0.1) is 13.2 Å². The zero-order valence-corrected chi connectivity index (χ0v) is 15.1. The molecule has 1 aromatic heterocycles. The Morgan fingerprint density at radius 1 is 1.12 bits per heavy atom. The van der Waals surface area contributed by atoms with Crippen molar-refractivity contribution in [2.45, 2.75) is 6.54 Å². The topological polar surface area (TPSA) is 40.6 Å². The number of thiocarbonyl (C=S) groups is 1. The van der Waals surface area contributed by atoms with Crippen LogP contribution in [0.25, 0.3) is 0 Å². The molecule has 1 aromatic carbocycles. The van der Waals surface area contributed by atoms with E-state index in [0.29, 0.717) is 0 Å². The lowest BCUT2D eigenvalue weighted by Crippen LogP contribution is -2.43. The van der Waals surface area contributed by atoms with E-state index in [-0.39, 0.29) is 0 Å². The molecule has 0 saturated carbocycles. The van der Waals surface area contributed by atoms with Crippen molar-refractivity contribution in [3.05, 3.63) is 60.4 Å². The summed E-state index contributed by atoms with van der Waals surface area (Å²) < 4.78 is 5.43. The number of para-hydroxylation sites is 1. The lowest BCUT2D eigenvalue weighted by atomic mass is 10.2. The van der Waals surface area contributed by atoms with E-state index in [0.717, 1.165) is 56.7 Å². The van der Waals surface area contributed by atoms with E-state index in [1.54, 1.807) is 0 Å². The first-order valence-corrected chi connectivity index (χ1v) is 9.02. The summed E-state index contributed by atoms with van der Waals surface area (Å²) in [5.74, 6) is 0. The summed E-state index contributed by atoms with van der Waals surface area (Å²) in [5.41, 5.74) is 2.22. The molecular weight excluding hydrogens is 332 g/mol. The van der Waals surface area contributed by atoms with Gasteiger partial charge in [0.15, 0.2) is 5.11 Å². The predicted octanol–water partition coefficient (Wildman–Crippen LogP) is 2.61. The highest BCUT2D eigenvalue weighted by Gasteiger charge is 2.15. The largest absolute Gasteiger partial charge is 0.379 e. The summed E-state index contributed by atoms with van der Waals surface area (Å²) >= 11 is 5.68. The molecule has 0 unspecified atom stereocenters. The number of nitrogens with zero attached hydrogens (tertiary/aromatic N) is 3. The molecule has 6 heteroatoms. The molecule has 1 aliphatic heterocycles. The summed E-state index contributed by atoms with van der Waals surface area (Å²) in [6.45, 7) is 6.23. The van der Waals surface area contributed by atoms with Crippen molar-refractivity contribution in [2.75, 3.05) is 44.7 Å². The number of rotatable bonds is 6. The molecule has 1 saturated heterocycles. The van der Waals surface area contributed by atoms with E-state index in [9.17, 15) is 0 Å². The minimum Gasteiger partial charge on any atom is -0.379 e. The van der Waals surface area contributed by atoms with Gasteiger partial charge in [-0.3, -0.25) is 9.88 Å². The predicted molar refractivity (Wildman–Crippen MR) is 105 cm³/mol. The Bertz CT molecular complexity index is 647. The second-order valence-corrected chi connectivity index (χ2v) is 6.41. The molecule has 3 rings (SSSR count). The number of nitrogens with one attached hydrogen (secondary N) is 1. The summed E-state index contributed by atoms with van der Waals surface area (Å²) in [6, 6.07) is 14.1. The monoisotopic (exact) mass is 356 g/mol. The minimum absolute atomic E-state index is 0.747. The number of aromatic nitrogens is 1. The summed E-state index contributed by atoms with van der Waals surface area (Å²) in [7, 11) is 0. The van der Waals surface area contributed by atoms with Gasteiger partial charge in [-0.1, -0.05) is 18.2 Å². The standard InChI is InChI=1S/C19H24N4OS/c25-19(21-18-4-2-1-3-5-18)23(16-17-6-8-20-9-7-17)11-10-22-12-14-24-15-13-22/h1-9H,10-16H2,(H,21,25). The molecule has 5 nitrogen and oxygen atoms in total. The van der Waals surface area contributed by atoms with Crippen LogP contribution in [0.5, 0.6) is 0 Å². The van der Waals surface area contributed by atoms with E-state index in [1.165, 1.54) is 5.56 Å². The molecule has 0 radical (unpaired) electrons. The number of hydrogen-bond acceptors (Lipinski definition) is 4. The van der Waals surface area contributed by atoms with Crippen LogP contribution in [0.3, 0.4) is 0 Å².